The molecular weight excluding hydrogens is 430 g/mol. The number of ether oxygens (including phenoxy) is 3. The van der Waals surface area contributed by atoms with Crippen LogP contribution >= 0.6 is 0 Å². The van der Waals surface area contributed by atoms with Gasteiger partial charge in [0.1, 0.15) is 17.5 Å². The molecule has 0 saturated carbocycles. The smallest absolute Gasteiger partial charge is 0.410 e. The molecule has 2 aliphatic heterocycles. The van der Waals surface area contributed by atoms with Gasteiger partial charge in [0, 0.05) is 13.5 Å². The van der Waals surface area contributed by atoms with Crippen LogP contribution in [0.25, 0.3) is 0 Å². The molecule has 4 rings (SSSR count). The van der Waals surface area contributed by atoms with Gasteiger partial charge in [-0.05, 0) is 50.8 Å². The zero-order valence-corrected chi connectivity index (χ0v) is 20.6. The summed E-state index contributed by atoms with van der Waals surface area (Å²) in [5.41, 5.74) is 2.72. The molecule has 0 fully saturated rings. The molecule has 7 nitrogen and oxygen atoms in total. The quantitative estimate of drug-likeness (QED) is 0.585. The first-order chi connectivity index (χ1) is 16.3. The maximum atomic E-state index is 12.4. The van der Waals surface area contributed by atoms with Crippen molar-refractivity contribution in [1.29, 1.82) is 0 Å². The Morgan fingerprint density at radius 2 is 1.88 bits per heavy atom. The Balaban J connectivity index is 1.42. The molecule has 0 aliphatic carbocycles. The van der Waals surface area contributed by atoms with Crippen LogP contribution in [0, 0.1) is 0 Å². The maximum Gasteiger partial charge on any atom is 0.410 e. The minimum Gasteiger partial charge on any atom is -0.488 e. The molecule has 2 aromatic carbocycles. The molecular formula is C27H35N3O4. The van der Waals surface area contributed by atoms with Crippen LogP contribution in [0.3, 0.4) is 0 Å². The summed E-state index contributed by atoms with van der Waals surface area (Å²) in [7, 11) is 1.74. The molecule has 0 saturated heterocycles. The number of hydrazone groups is 1. The summed E-state index contributed by atoms with van der Waals surface area (Å²) in [4.78, 5) is 14.0. The van der Waals surface area contributed by atoms with Crippen molar-refractivity contribution >= 4 is 11.8 Å². The average Bonchev–Trinajstić information content (AvgIpc) is 3.18. The lowest BCUT2D eigenvalue weighted by Gasteiger charge is -2.31. The Morgan fingerprint density at radius 1 is 1.15 bits per heavy atom. The highest BCUT2D eigenvalue weighted by Gasteiger charge is 2.32. The van der Waals surface area contributed by atoms with Crippen molar-refractivity contribution in [1.82, 2.24) is 9.91 Å². The van der Waals surface area contributed by atoms with Gasteiger partial charge in [-0.1, -0.05) is 48.5 Å². The van der Waals surface area contributed by atoms with Crippen molar-refractivity contribution in [3.63, 3.8) is 0 Å². The zero-order chi connectivity index (χ0) is 24.1. The molecule has 34 heavy (non-hydrogen) atoms. The van der Waals surface area contributed by atoms with Crippen LogP contribution in [0.4, 0.5) is 4.79 Å². The maximum absolute atomic E-state index is 12.4. The van der Waals surface area contributed by atoms with Crippen LogP contribution in [-0.4, -0.2) is 59.8 Å². The van der Waals surface area contributed by atoms with Gasteiger partial charge in [0.25, 0.3) is 0 Å². The van der Waals surface area contributed by atoms with Gasteiger partial charge in [0.05, 0.1) is 25.4 Å². The largest absolute Gasteiger partial charge is 0.488 e. The van der Waals surface area contributed by atoms with Gasteiger partial charge in [-0.2, -0.15) is 5.10 Å². The summed E-state index contributed by atoms with van der Waals surface area (Å²) >= 11 is 0. The molecule has 0 aromatic heterocycles. The predicted octanol–water partition coefficient (Wildman–Crippen LogP) is 4.85. The first kappa shape index (κ1) is 24.1. The van der Waals surface area contributed by atoms with Gasteiger partial charge in [0.15, 0.2) is 6.23 Å². The van der Waals surface area contributed by atoms with E-state index in [-0.39, 0.29) is 18.4 Å². The summed E-state index contributed by atoms with van der Waals surface area (Å²) in [5.74, 6) is 0.952. The van der Waals surface area contributed by atoms with E-state index < -0.39 is 5.60 Å². The molecule has 2 aliphatic rings. The van der Waals surface area contributed by atoms with E-state index in [2.05, 4.69) is 18.2 Å². The first-order valence-electron chi connectivity index (χ1n) is 11.9. The van der Waals surface area contributed by atoms with E-state index in [1.54, 1.807) is 11.9 Å². The van der Waals surface area contributed by atoms with Crippen molar-refractivity contribution in [2.45, 2.75) is 64.6 Å². The molecule has 2 aromatic rings. The lowest BCUT2D eigenvalue weighted by atomic mass is 10.0. The van der Waals surface area contributed by atoms with Gasteiger partial charge < -0.3 is 19.1 Å². The van der Waals surface area contributed by atoms with E-state index in [1.807, 2.05) is 62.2 Å². The number of nitrogens with zero attached hydrogens (tertiary/aromatic N) is 3. The van der Waals surface area contributed by atoms with Crippen molar-refractivity contribution in [2.75, 3.05) is 20.1 Å². The second kappa shape index (κ2) is 10.5. The van der Waals surface area contributed by atoms with Crippen molar-refractivity contribution in [2.24, 2.45) is 5.10 Å². The summed E-state index contributed by atoms with van der Waals surface area (Å²) < 4.78 is 18.0. The number of amides is 1. The SMILES string of the molecule is CN(CC1=NN(CC2CCc3ccccc3O2)C(OCc2ccccc2)C1)C(=O)OC(C)(C)C. The normalized spacial score (nSPS) is 19.8. The summed E-state index contributed by atoms with van der Waals surface area (Å²) in [6, 6.07) is 18.3. The second-order valence-electron chi connectivity index (χ2n) is 9.97. The van der Waals surface area contributed by atoms with Gasteiger partial charge in [-0.3, -0.25) is 5.01 Å². The van der Waals surface area contributed by atoms with Gasteiger partial charge in [-0.25, -0.2) is 4.79 Å². The molecule has 1 amide bonds. The minimum atomic E-state index is -0.537. The van der Waals surface area contributed by atoms with E-state index >= 15 is 0 Å². The first-order valence-corrected chi connectivity index (χ1v) is 11.9. The van der Waals surface area contributed by atoms with Crippen LogP contribution in [0.2, 0.25) is 0 Å². The van der Waals surface area contributed by atoms with Crippen molar-refractivity contribution in [3.8, 4) is 5.75 Å². The van der Waals surface area contributed by atoms with E-state index in [9.17, 15) is 4.79 Å². The number of carbonyl (C=O) groups is 1. The molecule has 0 N–H and O–H groups in total. The summed E-state index contributed by atoms with van der Waals surface area (Å²) in [6.07, 6.45) is 2.02. The number of carbonyl (C=O) groups excluding carboxylic acids is 1. The molecule has 2 heterocycles. The second-order valence-corrected chi connectivity index (χ2v) is 9.97. The third-order valence-electron chi connectivity index (χ3n) is 5.82. The fraction of sp³-hybridized carbons (Fsp3) is 0.481. The van der Waals surface area contributed by atoms with E-state index in [1.165, 1.54) is 5.56 Å². The third kappa shape index (κ3) is 6.50. The Labute approximate surface area is 202 Å². The molecule has 2 unspecified atom stereocenters. The highest BCUT2D eigenvalue weighted by atomic mass is 16.6. The van der Waals surface area contributed by atoms with Crippen LogP contribution in [0.5, 0.6) is 5.75 Å². The van der Waals surface area contributed by atoms with E-state index in [0.717, 1.165) is 29.9 Å². The number of para-hydroxylation sites is 1. The monoisotopic (exact) mass is 465 g/mol. The van der Waals surface area contributed by atoms with Gasteiger partial charge in [-0.15, -0.1) is 0 Å². The standard InChI is InChI=1S/C27H35N3O4/c1-27(2,3)34-26(31)29(4)17-22-16-25(32-19-20-10-6-5-7-11-20)30(28-22)18-23-15-14-21-12-8-9-13-24(21)33-23/h5-13,23,25H,14-19H2,1-4H3. The fourth-order valence-electron chi connectivity index (χ4n) is 4.16. The lowest BCUT2D eigenvalue weighted by Crippen LogP contribution is -2.39. The number of aryl methyl sites for hydroxylation is 1. The third-order valence-corrected chi connectivity index (χ3v) is 5.82. The minimum absolute atomic E-state index is 0.0319. The Hall–Kier alpha value is -3.06. The summed E-state index contributed by atoms with van der Waals surface area (Å²) in [6.45, 7) is 7.12. The molecule has 0 bridgehead atoms. The van der Waals surface area contributed by atoms with Crippen molar-refractivity contribution < 1.29 is 19.0 Å². The van der Waals surface area contributed by atoms with Crippen molar-refractivity contribution in [3.05, 3.63) is 65.7 Å². The highest BCUT2D eigenvalue weighted by molar-refractivity contribution is 5.90. The molecule has 0 radical (unpaired) electrons. The lowest BCUT2D eigenvalue weighted by molar-refractivity contribution is -0.0662. The number of hydrogen-bond donors (Lipinski definition) is 0. The van der Waals surface area contributed by atoms with Crippen LogP contribution in [-0.2, 0) is 22.5 Å². The van der Waals surface area contributed by atoms with Crippen LogP contribution in [0.15, 0.2) is 59.7 Å². The van der Waals surface area contributed by atoms with Crippen LogP contribution in [0.1, 0.15) is 44.7 Å². The Morgan fingerprint density at radius 3 is 2.65 bits per heavy atom. The molecule has 7 heteroatoms. The Bertz CT molecular complexity index is 1000. The molecule has 0 spiro atoms. The molecule has 2 atom stereocenters. The number of rotatable bonds is 7. The topological polar surface area (TPSA) is 63.6 Å². The zero-order valence-electron chi connectivity index (χ0n) is 20.6. The molecule has 182 valence electrons. The van der Waals surface area contributed by atoms with Crippen LogP contribution < -0.4 is 4.74 Å². The Kier molecular flexibility index (Phi) is 7.41. The van der Waals surface area contributed by atoms with E-state index in [4.69, 9.17) is 19.3 Å². The summed E-state index contributed by atoms with van der Waals surface area (Å²) in [5, 5.41) is 6.83. The predicted molar refractivity (Wildman–Crippen MR) is 132 cm³/mol. The van der Waals surface area contributed by atoms with E-state index in [0.29, 0.717) is 26.1 Å². The van der Waals surface area contributed by atoms with Gasteiger partial charge >= 0.3 is 6.09 Å². The number of benzene rings is 2. The number of hydrogen-bond acceptors (Lipinski definition) is 6. The fourth-order valence-corrected chi connectivity index (χ4v) is 4.16. The average molecular weight is 466 g/mol. The number of fused-ring (bicyclic) bond motifs is 1. The van der Waals surface area contributed by atoms with Gasteiger partial charge in [0.2, 0.25) is 0 Å². The highest BCUT2D eigenvalue weighted by Crippen LogP contribution is 2.29.